The molecule has 4 aromatic rings. The Balaban J connectivity index is 1.82. The molecule has 0 saturated heterocycles. The molecule has 0 aliphatic rings. The minimum Gasteiger partial charge on any atom is -0.406 e. The summed E-state index contributed by atoms with van der Waals surface area (Å²) in [6, 6.07) is 11.3. The Labute approximate surface area is 168 Å². The predicted octanol–water partition coefficient (Wildman–Crippen LogP) is 5.44. The molecule has 0 radical (unpaired) electrons. The van der Waals surface area contributed by atoms with Gasteiger partial charge in [-0.25, -0.2) is 14.4 Å². The second kappa shape index (κ2) is 7.58. The summed E-state index contributed by atoms with van der Waals surface area (Å²) in [4.78, 5) is 13.1. The number of nitrogens with one attached hydrogen (secondary N) is 1. The van der Waals surface area contributed by atoms with Gasteiger partial charge in [-0.2, -0.15) is 0 Å². The molecule has 4 rings (SSSR count). The zero-order chi connectivity index (χ0) is 21.3. The van der Waals surface area contributed by atoms with E-state index in [0.717, 1.165) is 23.8 Å². The van der Waals surface area contributed by atoms with Crippen molar-refractivity contribution in [3.05, 3.63) is 66.7 Å². The van der Waals surface area contributed by atoms with Crippen LogP contribution in [-0.2, 0) is 0 Å². The number of halogens is 4. The summed E-state index contributed by atoms with van der Waals surface area (Å²) in [6.07, 6.45) is -1.59. The van der Waals surface area contributed by atoms with E-state index in [0.29, 0.717) is 28.1 Å². The van der Waals surface area contributed by atoms with Gasteiger partial charge >= 0.3 is 6.36 Å². The van der Waals surface area contributed by atoms with Crippen LogP contribution in [0.5, 0.6) is 5.75 Å². The van der Waals surface area contributed by atoms with E-state index in [1.54, 1.807) is 43.7 Å². The van der Waals surface area contributed by atoms with Crippen molar-refractivity contribution in [3.8, 4) is 28.3 Å². The molecule has 2 heterocycles. The van der Waals surface area contributed by atoms with Crippen LogP contribution in [0.3, 0.4) is 0 Å². The van der Waals surface area contributed by atoms with Crippen molar-refractivity contribution in [3.63, 3.8) is 0 Å². The second-order valence-electron chi connectivity index (χ2n) is 6.31. The second-order valence-corrected chi connectivity index (χ2v) is 6.31. The molecule has 0 fully saturated rings. The van der Waals surface area contributed by atoms with Crippen molar-refractivity contribution in [2.75, 3.05) is 12.4 Å². The number of aromatic nitrogens is 3. The van der Waals surface area contributed by atoms with E-state index in [4.69, 9.17) is 0 Å². The number of anilines is 1. The SMILES string of the molecule is CNc1nc(-c2cccnc2)nc2ccc(-c3cc(OC(F)(F)F)ccc3F)cc12. The number of hydrogen-bond acceptors (Lipinski definition) is 5. The van der Waals surface area contributed by atoms with Crippen LogP contribution in [-0.4, -0.2) is 28.4 Å². The zero-order valence-corrected chi connectivity index (χ0v) is 15.5. The van der Waals surface area contributed by atoms with Gasteiger partial charge in [-0.05, 0) is 48.0 Å². The third-order valence-corrected chi connectivity index (χ3v) is 4.33. The van der Waals surface area contributed by atoms with Crippen molar-refractivity contribution in [2.45, 2.75) is 6.36 Å². The Bertz CT molecular complexity index is 1210. The van der Waals surface area contributed by atoms with E-state index >= 15 is 0 Å². The molecule has 0 amide bonds. The quantitative estimate of drug-likeness (QED) is 0.451. The first-order valence-corrected chi connectivity index (χ1v) is 8.80. The number of nitrogens with zero attached hydrogens (tertiary/aromatic N) is 3. The summed E-state index contributed by atoms with van der Waals surface area (Å²) in [5, 5.41) is 3.56. The van der Waals surface area contributed by atoms with Gasteiger partial charge in [0.05, 0.1) is 5.52 Å². The number of fused-ring (bicyclic) bond motifs is 1. The normalized spacial score (nSPS) is 11.5. The number of ether oxygens (including phenoxy) is 1. The molecule has 152 valence electrons. The van der Waals surface area contributed by atoms with Gasteiger partial charge in [0.2, 0.25) is 0 Å². The highest BCUT2D eigenvalue weighted by atomic mass is 19.4. The molecule has 0 bridgehead atoms. The van der Waals surface area contributed by atoms with Gasteiger partial charge < -0.3 is 10.1 Å². The van der Waals surface area contributed by atoms with Gasteiger partial charge in [0.15, 0.2) is 5.82 Å². The number of rotatable bonds is 4. The van der Waals surface area contributed by atoms with E-state index in [-0.39, 0.29) is 5.56 Å². The molecule has 2 aromatic heterocycles. The molecule has 0 spiro atoms. The summed E-state index contributed by atoms with van der Waals surface area (Å²) < 4.78 is 55.8. The van der Waals surface area contributed by atoms with E-state index in [1.807, 2.05) is 6.07 Å². The summed E-state index contributed by atoms with van der Waals surface area (Å²) in [7, 11) is 1.68. The van der Waals surface area contributed by atoms with Crippen LogP contribution >= 0.6 is 0 Å². The molecule has 0 aliphatic carbocycles. The van der Waals surface area contributed by atoms with Gasteiger partial charge in [-0.1, -0.05) is 6.07 Å². The lowest BCUT2D eigenvalue weighted by molar-refractivity contribution is -0.274. The molecule has 0 atom stereocenters. The summed E-state index contributed by atoms with van der Waals surface area (Å²) in [5.41, 5.74) is 1.64. The molecule has 1 N–H and O–H groups in total. The zero-order valence-electron chi connectivity index (χ0n) is 15.5. The van der Waals surface area contributed by atoms with Gasteiger partial charge in [-0.15, -0.1) is 13.2 Å². The summed E-state index contributed by atoms with van der Waals surface area (Å²) >= 11 is 0. The molecule has 2 aromatic carbocycles. The van der Waals surface area contributed by atoms with Gasteiger partial charge in [0.25, 0.3) is 0 Å². The molecule has 9 heteroatoms. The highest BCUT2D eigenvalue weighted by Crippen LogP contribution is 2.33. The maximum absolute atomic E-state index is 14.4. The first-order valence-electron chi connectivity index (χ1n) is 8.80. The van der Waals surface area contributed by atoms with E-state index in [9.17, 15) is 17.6 Å². The van der Waals surface area contributed by atoms with Crippen molar-refractivity contribution >= 4 is 16.7 Å². The molecular formula is C21H14F4N4O. The molecule has 0 unspecified atom stereocenters. The average Bonchev–Trinajstić information content (AvgIpc) is 2.73. The minimum atomic E-state index is -4.87. The maximum atomic E-state index is 14.4. The topological polar surface area (TPSA) is 59.9 Å². The first-order chi connectivity index (χ1) is 14.3. The smallest absolute Gasteiger partial charge is 0.406 e. The van der Waals surface area contributed by atoms with Crippen molar-refractivity contribution in [2.24, 2.45) is 0 Å². The predicted molar refractivity (Wildman–Crippen MR) is 104 cm³/mol. The fraction of sp³-hybridized carbons (Fsp3) is 0.0952. The van der Waals surface area contributed by atoms with Crippen LogP contribution in [0.4, 0.5) is 23.4 Å². The molecular weight excluding hydrogens is 400 g/mol. The van der Waals surface area contributed by atoms with E-state index < -0.39 is 17.9 Å². The van der Waals surface area contributed by atoms with Gasteiger partial charge in [0.1, 0.15) is 17.4 Å². The Morgan fingerprint density at radius 2 is 1.80 bits per heavy atom. The fourth-order valence-corrected chi connectivity index (χ4v) is 3.03. The average molecular weight is 414 g/mol. The van der Waals surface area contributed by atoms with Crippen LogP contribution < -0.4 is 10.1 Å². The van der Waals surface area contributed by atoms with Crippen LogP contribution in [0.1, 0.15) is 0 Å². The lowest BCUT2D eigenvalue weighted by Gasteiger charge is -2.12. The highest BCUT2D eigenvalue weighted by molar-refractivity contribution is 5.94. The molecule has 5 nitrogen and oxygen atoms in total. The summed E-state index contributed by atoms with van der Waals surface area (Å²) in [5.74, 6) is -0.234. The Kier molecular flexibility index (Phi) is 4.94. The van der Waals surface area contributed by atoms with E-state index in [2.05, 4.69) is 25.0 Å². The minimum absolute atomic E-state index is 0.0305. The van der Waals surface area contributed by atoms with Crippen LogP contribution in [0.2, 0.25) is 0 Å². The number of benzene rings is 2. The third kappa shape index (κ3) is 4.00. The number of hydrogen-bond donors (Lipinski definition) is 1. The monoisotopic (exact) mass is 414 g/mol. The van der Waals surface area contributed by atoms with Crippen molar-refractivity contribution in [1.82, 2.24) is 15.0 Å². The van der Waals surface area contributed by atoms with Crippen LogP contribution in [0.15, 0.2) is 60.9 Å². The Morgan fingerprint density at radius 3 is 2.50 bits per heavy atom. The fourth-order valence-electron chi connectivity index (χ4n) is 3.03. The number of alkyl halides is 3. The summed E-state index contributed by atoms with van der Waals surface area (Å²) in [6.45, 7) is 0. The molecule has 0 saturated carbocycles. The van der Waals surface area contributed by atoms with Crippen LogP contribution in [0, 0.1) is 5.82 Å². The van der Waals surface area contributed by atoms with Gasteiger partial charge in [-0.3, -0.25) is 4.98 Å². The van der Waals surface area contributed by atoms with Gasteiger partial charge in [0, 0.05) is 36.0 Å². The standard InChI is InChI=1S/C21H14F4N4O/c1-26-20-16-9-12(15-10-14(5-6-17(15)22)30-21(23,24)25)4-7-18(16)28-19(29-20)13-3-2-8-27-11-13/h2-11H,1H3,(H,26,28,29). The first kappa shape index (κ1) is 19.6. The Hall–Kier alpha value is -3.75. The maximum Gasteiger partial charge on any atom is 0.573 e. The lowest BCUT2D eigenvalue weighted by atomic mass is 10.0. The third-order valence-electron chi connectivity index (χ3n) is 4.33. The largest absolute Gasteiger partial charge is 0.573 e. The molecule has 30 heavy (non-hydrogen) atoms. The van der Waals surface area contributed by atoms with Crippen molar-refractivity contribution in [1.29, 1.82) is 0 Å². The van der Waals surface area contributed by atoms with Crippen LogP contribution in [0.25, 0.3) is 33.4 Å². The lowest BCUT2D eigenvalue weighted by Crippen LogP contribution is -2.17. The Morgan fingerprint density at radius 1 is 0.967 bits per heavy atom. The van der Waals surface area contributed by atoms with E-state index in [1.165, 1.54) is 0 Å². The highest BCUT2D eigenvalue weighted by Gasteiger charge is 2.31. The number of pyridine rings is 1. The molecule has 0 aliphatic heterocycles. The van der Waals surface area contributed by atoms with Crippen molar-refractivity contribution < 1.29 is 22.3 Å².